The van der Waals surface area contributed by atoms with Crippen molar-refractivity contribution in [2.75, 3.05) is 32.5 Å². The maximum atomic E-state index is 13.2. The summed E-state index contributed by atoms with van der Waals surface area (Å²) < 4.78 is 13.2. The number of aromatic nitrogens is 2. The summed E-state index contributed by atoms with van der Waals surface area (Å²) >= 11 is 0. The Morgan fingerprint density at radius 2 is 2.04 bits per heavy atom. The molecule has 0 aliphatic heterocycles. The summed E-state index contributed by atoms with van der Waals surface area (Å²) in [5.41, 5.74) is 0.831. The quantitative estimate of drug-likeness (QED) is 0.852. The average Bonchev–Trinajstić information content (AvgIpc) is 2.46. The molecule has 0 unspecified atom stereocenters. The number of aryl methyl sites for hydroxylation is 1. The van der Waals surface area contributed by atoms with Crippen LogP contribution in [0.5, 0.6) is 0 Å². The molecule has 0 saturated heterocycles. The predicted molar refractivity (Wildman–Crippen MR) is 87.3 cm³/mol. The number of likely N-dealkylation sites (N-methyl/N-ethyl adjacent to an activating group) is 1. The third kappa shape index (κ3) is 5.30. The zero-order chi connectivity index (χ0) is 16.8. The molecule has 1 heterocycles. The summed E-state index contributed by atoms with van der Waals surface area (Å²) in [5.74, 6) is 0.298. The molecule has 1 aromatic carbocycles. The maximum Gasteiger partial charge on any atom is 0.270 e. The van der Waals surface area contributed by atoms with E-state index in [1.54, 1.807) is 25.1 Å². The third-order valence-electron chi connectivity index (χ3n) is 3.01. The Labute approximate surface area is 134 Å². The molecule has 0 atom stereocenters. The molecule has 0 spiro atoms. The molecule has 2 aromatic rings. The molecule has 23 heavy (non-hydrogen) atoms. The molecular formula is C16H20FN5O. The van der Waals surface area contributed by atoms with Crippen LogP contribution in [-0.2, 0) is 0 Å². The minimum absolute atomic E-state index is 0.264. The highest BCUT2D eigenvalue weighted by Crippen LogP contribution is 2.16. The Morgan fingerprint density at radius 1 is 1.26 bits per heavy atom. The van der Waals surface area contributed by atoms with Crippen LogP contribution < -0.4 is 10.6 Å². The first-order valence-corrected chi connectivity index (χ1v) is 7.25. The summed E-state index contributed by atoms with van der Waals surface area (Å²) in [6.07, 6.45) is 0. The number of nitrogens with zero attached hydrogens (tertiary/aromatic N) is 3. The van der Waals surface area contributed by atoms with Crippen molar-refractivity contribution in [3.05, 3.63) is 47.7 Å². The van der Waals surface area contributed by atoms with Gasteiger partial charge in [0.2, 0.25) is 0 Å². The number of nitrogens with one attached hydrogen (secondary N) is 2. The van der Waals surface area contributed by atoms with E-state index >= 15 is 0 Å². The third-order valence-corrected chi connectivity index (χ3v) is 3.01. The summed E-state index contributed by atoms with van der Waals surface area (Å²) in [5, 5.41) is 5.77. The molecule has 6 nitrogen and oxygen atoms in total. The van der Waals surface area contributed by atoms with Crippen molar-refractivity contribution in [3.8, 4) is 0 Å². The van der Waals surface area contributed by atoms with Crippen molar-refractivity contribution >= 4 is 17.4 Å². The van der Waals surface area contributed by atoms with Crippen LogP contribution in [0, 0.1) is 12.7 Å². The van der Waals surface area contributed by atoms with Gasteiger partial charge in [0.25, 0.3) is 5.91 Å². The lowest BCUT2D eigenvalue weighted by Gasteiger charge is -2.11. The average molecular weight is 317 g/mol. The molecule has 0 fully saturated rings. The van der Waals surface area contributed by atoms with Crippen LogP contribution in [-0.4, -0.2) is 48.0 Å². The second-order valence-electron chi connectivity index (χ2n) is 5.38. The van der Waals surface area contributed by atoms with Gasteiger partial charge in [0.1, 0.15) is 23.2 Å². The van der Waals surface area contributed by atoms with Gasteiger partial charge >= 0.3 is 0 Å². The van der Waals surface area contributed by atoms with Gasteiger partial charge in [-0.25, -0.2) is 14.4 Å². The molecule has 0 saturated carbocycles. The standard InChI is InChI=1S/C16H20FN5O/c1-11-19-14(16(23)18-7-8-22(2)3)10-15(20-11)21-13-6-4-5-12(17)9-13/h4-6,9-10H,7-8H2,1-3H3,(H,18,23)(H,19,20,21). The van der Waals surface area contributed by atoms with Crippen molar-refractivity contribution in [1.29, 1.82) is 0 Å². The molecule has 2 N–H and O–H groups in total. The summed E-state index contributed by atoms with van der Waals surface area (Å²) in [4.78, 5) is 22.5. The number of carbonyl (C=O) groups is 1. The molecule has 0 radical (unpaired) electrons. The van der Waals surface area contributed by atoms with Gasteiger partial charge in [-0.2, -0.15) is 0 Å². The zero-order valence-corrected chi connectivity index (χ0v) is 13.4. The van der Waals surface area contributed by atoms with E-state index in [4.69, 9.17) is 0 Å². The van der Waals surface area contributed by atoms with E-state index in [0.717, 1.165) is 6.54 Å². The SMILES string of the molecule is Cc1nc(Nc2cccc(F)c2)cc(C(=O)NCCN(C)C)n1. The summed E-state index contributed by atoms with van der Waals surface area (Å²) in [6, 6.07) is 7.58. The van der Waals surface area contributed by atoms with Crippen LogP contribution in [0.3, 0.4) is 0 Å². The van der Waals surface area contributed by atoms with Crippen molar-refractivity contribution in [2.24, 2.45) is 0 Å². The van der Waals surface area contributed by atoms with Gasteiger partial charge < -0.3 is 15.5 Å². The number of rotatable bonds is 6. The molecule has 1 amide bonds. The number of amides is 1. The van der Waals surface area contributed by atoms with Crippen molar-refractivity contribution in [1.82, 2.24) is 20.2 Å². The Bertz CT molecular complexity index is 690. The Morgan fingerprint density at radius 3 is 2.74 bits per heavy atom. The van der Waals surface area contributed by atoms with Crippen LogP contribution in [0.1, 0.15) is 16.3 Å². The second kappa shape index (κ2) is 7.64. The lowest BCUT2D eigenvalue weighted by Crippen LogP contribution is -2.32. The molecule has 7 heteroatoms. The number of hydrogen-bond acceptors (Lipinski definition) is 5. The van der Waals surface area contributed by atoms with Crippen LogP contribution >= 0.6 is 0 Å². The van der Waals surface area contributed by atoms with E-state index < -0.39 is 0 Å². The van der Waals surface area contributed by atoms with Crippen LogP contribution in [0.4, 0.5) is 15.9 Å². The highest BCUT2D eigenvalue weighted by atomic mass is 19.1. The first-order chi connectivity index (χ1) is 10.9. The van der Waals surface area contributed by atoms with Crippen LogP contribution in [0.15, 0.2) is 30.3 Å². The summed E-state index contributed by atoms with van der Waals surface area (Å²) in [6.45, 7) is 2.97. The highest BCUT2D eigenvalue weighted by molar-refractivity contribution is 5.93. The number of carbonyl (C=O) groups excluding carboxylic acids is 1. The normalized spacial score (nSPS) is 10.7. The van der Waals surface area contributed by atoms with Crippen LogP contribution in [0.2, 0.25) is 0 Å². The van der Waals surface area contributed by atoms with Crippen molar-refractivity contribution in [2.45, 2.75) is 6.92 Å². The minimum atomic E-state index is -0.345. The predicted octanol–water partition coefficient (Wildman–Crippen LogP) is 1.96. The first-order valence-electron chi connectivity index (χ1n) is 7.25. The van der Waals surface area contributed by atoms with Crippen molar-refractivity contribution < 1.29 is 9.18 Å². The number of benzene rings is 1. The van der Waals surface area contributed by atoms with Gasteiger partial charge in [0.05, 0.1) is 0 Å². The topological polar surface area (TPSA) is 70.2 Å². The fourth-order valence-electron chi connectivity index (χ4n) is 1.95. The number of halogens is 1. The Kier molecular flexibility index (Phi) is 5.59. The smallest absolute Gasteiger partial charge is 0.270 e. The minimum Gasteiger partial charge on any atom is -0.349 e. The van der Waals surface area contributed by atoms with Crippen LogP contribution in [0.25, 0.3) is 0 Å². The molecule has 0 aliphatic carbocycles. The Hall–Kier alpha value is -2.54. The van der Waals surface area contributed by atoms with Gasteiger partial charge in [-0.3, -0.25) is 4.79 Å². The van der Waals surface area contributed by atoms with E-state index in [1.165, 1.54) is 12.1 Å². The van der Waals surface area contributed by atoms with E-state index in [2.05, 4.69) is 20.6 Å². The molecule has 122 valence electrons. The highest BCUT2D eigenvalue weighted by Gasteiger charge is 2.10. The van der Waals surface area contributed by atoms with E-state index in [-0.39, 0.29) is 17.4 Å². The van der Waals surface area contributed by atoms with E-state index in [1.807, 2.05) is 19.0 Å². The second-order valence-corrected chi connectivity index (χ2v) is 5.38. The van der Waals surface area contributed by atoms with Gasteiger partial charge in [0, 0.05) is 24.8 Å². The monoisotopic (exact) mass is 317 g/mol. The summed E-state index contributed by atoms with van der Waals surface area (Å²) in [7, 11) is 3.87. The van der Waals surface area contributed by atoms with Gasteiger partial charge in [0.15, 0.2) is 0 Å². The fourth-order valence-corrected chi connectivity index (χ4v) is 1.95. The Balaban J connectivity index is 2.10. The number of hydrogen-bond donors (Lipinski definition) is 2. The van der Waals surface area contributed by atoms with Crippen molar-refractivity contribution in [3.63, 3.8) is 0 Å². The fraction of sp³-hybridized carbons (Fsp3) is 0.312. The lowest BCUT2D eigenvalue weighted by molar-refractivity contribution is 0.0945. The van der Waals surface area contributed by atoms with Gasteiger partial charge in [-0.15, -0.1) is 0 Å². The molecule has 2 rings (SSSR count). The lowest BCUT2D eigenvalue weighted by atomic mass is 10.3. The van der Waals surface area contributed by atoms with Gasteiger partial charge in [-0.05, 0) is 39.2 Å². The zero-order valence-electron chi connectivity index (χ0n) is 13.4. The van der Waals surface area contributed by atoms with Gasteiger partial charge in [-0.1, -0.05) is 6.07 Å². The maximum absolute atomic E-state index is 13.2. The molecule has 1 aromatic heterocycles. The number of anilines is 2. The van der Waals surface area contributed by atoms with E-state index in [9.17, 15) is 9.18 Å². The molecule has 0 bridgehead atoms. The molecule has 0 aliphatic rings. The largest absolute Gasteiger partial charge is 0.349 e. The first kappa shape index (κ1) is 16.8. The molecular weight excluding hydrogens is 297 g/mol. The van der Waals surface area contributed by atoms with E-state index in [0.29, 0.717) is 23.9 Å².